The zero-order valence-corrected chi connectivity index (χ0v) is 17.0. The summed E-state index contributed by atoms with van der Waals surface area (Å²) in [6.45, 7) is 5.11. The second-order valence-electron chi connectivity index (χ2n) is 7.04. The highest BCUT2D eigenvalue weighted by atomic mass is 19.1. The van der Waals surface area contributed by atoms with Crippen LogP contribution in [0.15, 0.2) is 65.0 Å². The fraction of sp³-hybridized carbons (Fsp3) is 0.0435. The summed E-state index contributed by atoms with van der Waals surface area (Å²) >= 11 is 0. The van der Waals surface area contributed by atoms with Gasteiger partial charge in [0.2, 0.25) is 0 Å². The van der Waals surface area contributed by atoms with Gasteiger partial charge in [-0.3, -0.25) is 15.1 Å². The van der Waals surface area contributed by atoms with E-state index >= 15 is 4.39 Å². The first-order valence-corrected chi connectivity index (χ1v) is 9.75. The number of fused-ring (bicyclic) bond motifs is 2. The van der Waals surface area contributed by atoms with Crippen molar-refractivity contribution in [2.45, 2.75) is 6.92 Å². The van der Waals surface area contributed by atoms with Crippen LogP contribution in [0.25, 0.3) is 50.4 Å². The Morgan fingerprint density at radius 1 is 1.12 bits per heavy atom. The number of benzene rings is 1. The summed E-state index contributed by atoms with van der Waals surface area (Å²) in [6.07, 6.45) is 6.23. The average Bonchev–Trinajstić information content (AvgIpc) is 3.44. The summed E-state index contributed by atoms with van der Waals surface area (Å²) in [5, 5.41) is 7.54. The van der Waals surface area contributed by atoms with E-state index < -0.39 is 5.82 Å². The number of aromatic nitrogens is 6. The number of rotatable bonds is 5. The highest BCUT2D eigenvalue weighted by Crippen LogP contribution is 2.33. The van der Waals surface area contributed by atoms with E-state index in [1.165, 1.54) is 12.5 Å². The van der Waals surface area contributed by atoms with Crippen molar-refractivity contribution >= 4 is 40.7 Å². The first-order chi connectivity index (χ1) is 15.7. The highest BCUT2D eigenvalue weighted by molar-refractivity contribution is 5.97. The molecule has 5 aromatic rings. The molecule has 0 radical (unpaired) electrons. The summed E-state index contributed by atoms with van der Waals surface area (Å²) < 4.78 is 15.6. The summed E-state index contributed by atoms with van der Waals surface area (Å²) in [5.41, 5.74) is 4.77. The molecule has 0 atom stereocenters. The van der Waals surface area contributed by atoms with Gasteiger partial charge in [-0.1, -0.05) is 6.07 Å². The van der Waals surface area contributed by atoms with Crippen molar-refractivity contribution in [1.29, 1.82) is 0 Å². The predicted octanol–water partition coefficient (Wildman–Crippen LogP) is 4.79. The minimum atomic E-state index is -0.417. The van der Waals surface area contributed by atoms with Crippen LogP contribution in [0, 0.1) is 5.82 Å². The number of imidazole rings is 1. The third kappa shape index (κ3) is 3.25. The topological polar surface area (TPSA) is 108 Å². The second kappa shape index (κ2) is 7.95. The minimum Gasteiger partial charge on any atom is -0.321 e. The number of allylic oxidation sites excluding steroid dienone is 1. The van der Waals surface area contributed by atoms with Gasteiger partial charge in [0.1, 0.15) is 23.4 Å². The molecule has 0 aliphatic heterocycles. The van der Waals surface area contributed by atoms with Gasteiger partial charge in [-0.2, -0.15) is 5.10 Å². The summed E-state index contributed by atoms with van der Waals surface area (Å²) in [6, 6.07) is 11.0. The summed E-state index contributed by atoms with van der Waals surface area (Å²) in [5.74, 6) is -0.00572. The molecule has 0 aliphatic rings. The lowest BCUT2D eigenvalue weighted by Crippen LogP contribution is -1.90. The zero-order valence-electron chi connectivity index (χ0n) is 17.0. The molecular weight excluding hydrogens is 407 g/mol. The lowest BCUT2D eigenvalue weighted by atomic mass is 10.0. The van der Waals surface area contributed by atoms with Crippen LogP contribution in [0.5, 0.6) is 0 Å². The summed E-state index contributed by atoms with van der Waals surface area (Å²) in [4.78, 5) is 24.2. The van der Waals surface area contributed by atoms with Crippen LogP contribution in [-0.2, 0) is 0 Å². The number of H-pyrrole nitrogens is 2. The van der Waals surface area contributed by atoms with Crippen LogP contribution < -0.4 is 0 Å². The molecule has 1 aromatic carbocycles. The molecule has 0 fully saturated rings. The number of pyridine rings is 2. The van der Waals surface area contributed by atoms with Crippen molar-refractivity contribution in [2.24, 2.45) is 9.98 Å². The smallest absolute Gasteiger partial charge is 0.161 e. The number of nitrogens with one attached hydrogen (secondary N) is 2. The Morgan fingerprint density at radius 2 is 2.03 bits per heavy atom. The summed E-state index contributed by atoms with van der Waals surface area (Å²) in [7, 11) is 0. The SMILES string of the molecule is C=N/C=N\C=C(/C)c1ccc2[nH]nc(-c3nc4c(-c5ccccn5)ccnc4[nH]3)c2c1F. The van der Waals surface area contributed by atoms with Crippen molar-refractivity contribution in [3.8, 4) is 22.8 Å². The third-order valence-electron chi connectivity index (χ3n) is 5.06. The fourth-order valence-electron chi connectivity index (χ4n) is 3.56. The van der Waals surface area contributed by atoms with Gasteiger partial charge in [0, 0.05) is 29.7 Å². The molecule has 32 heavy (non-hydrogen) atoms. The number of hydrogen-bond acceptors (Lipinski definition) is 5. The Bertz CT molecular complexity index is 1510. The van der Waals surface area contributed by atoms with E-state index in [1.807, 2.05) is 24.3 Å². The normalized spacial score (nSPS) is 12.2. The maximum absolute atomic E-state index is 15.6. The van der Waals surface area contributed by atoms with Gasteiger partial charge in [0.15, 0.2) is 11.5 Å². The van der Waals surface area contributed by atoms with Crippen molar-refractivity contribution < 1.29 is 4.39 Å². The van der Waals surface area contributed by atoms with Gasteiger partial charge >= 0.3 is 0 Å². The maximum atomic E-state index is 15.6. The molecule has 0 unspecified atom stereocenters. The van der Waals surface area contributed by atoms with Crippen LogP contribution in [-0.4, -0.2) is 43.2 Å². The Hall–Kier alpha value is -4.53. The number of hydrogen-bond donors (Lipinski definition) is 2. The molecule has 9 heteroatoms. The number of nitrogens with zero attached hydrogens (tertiary/aromatic N) is 6. The minimum absolute atomic E-state index is 0.333. The van der Waals surface area contributed by atoms with E-state index in [1.54, 1.807) is 31.5 Å². The molecule has 0 aliphatic carbocycles. The molecule has 0 amide bonds. The molecule has 0 saturated carbocycles. The average molecular weight is 424 g/mol. The van der Waals surface area contributed by atoms with Crippen molar-refractivity contribution in [2.75, 3.05) is 0 Å². The fourth-order valence-corrected chi connectivity index (χ4v) is 3.56. The van der Waals surface area contributed by atoms with E-state index in [0.717, 1.165) is 11.3 Å². The second-order valence-corrected chi connectivity index (χ2v) is 7.04. The van der Waals surface area contributed by atoms with Crippen molar-refractivity contribution in [3.05, 3.63) is 66.4 Å². The number of aliphatic imine (C=N–C) groups is 2. The van der Waals surface area contributed by atoms with E-state index in [-0.39, 0.29) is 0 Å². The molecule has 156 valence electrons. The monoisotopic (exact) mass is 424 g/mol. The van der Waals surface area contributed by atoms with Gasteiger partial charge < -0.3 is 4.98 Å². The van der Waals surface area contributed by atoms with Gasteiger partial charge in [0.25, 0.3) is 0 Å². The van der Waals surface area contributed by atoms with Gasteiger partial charge in [-0.15, -0.1) is 0 Å². The van der Waals surface area contributed by atoms with Gasteiger partial charge in [-0.05, 0) is 49.5 Å². The standard InChI is InChI=1S/C23H17FN8/c1-13(11-26-12-25-2)14-6-7-17-18(19(14)24)21(32-31-17)23-29-20-15(8-10-28-22(20)30-23)16-5-3-4-9-27-16/h3-12H,2H2,1H3,(H,31,32)(H,28,29,30)/b13-11+,26-12-. The molecular formula is C23H17FN8. The number of halogens is 1. The zero-order chi connectivity index (χ0) is 22.1. The first kappa shape index (κ1) is 19.4. The predicted molar refractivity (Wildman–Crippen MR) is 124 cm³/mol. The first-order valence-electron chi connectivity index (χ1n) is 9.75. The molecule has 0 saturated heterocycles. The van der Waals surface area contributed by atoms with Crippen LogP contribution in [0.4, 0.5) is 4.39 Å². The van der Waals surface area contributed by atoms with Gasteiger partial charge in [-0.25, -0.2) is 19.4 Å². The van der Waals surface area contributed by atoms with Crippen LogP contribution in [0.3, 0.4) is 0 Å². The van der Waals surface area contributed by atoms with Gasteiger partial charge in [0.05, 0.1) is 16.6 Å². The number of aromatic amines is 2. The maximum Gasteiger partial charge on any atom is 0.161 e. The van der Waals surface area contributed by atoms with Crippen LogP contribution >= 0.6 is 0 Å². The molecule has 0 bridgehead atoms. The third-order valence-corrected chi connectivity index (χ3v) is 5.06. The highest BCUT2D eigenvalue weighted by Gasteiger charge is 2.20. The lowest BCUT2D eigenvalue weighted by Gasteiger charge is -2.04. The molecule has 4 aromatic heterocycles. The Balaban J connectivity index is 1.67. The Kier molecular flexibility index (Phi) is 4.83. The quantitative estimate of drug-likeness (QED) is 0.312. The molecule has 2 N–H and O–H groups in total. The van der Waals surface area contributed by atoms with Crippen LogP contribution in [0.1, 0.15) is 12.5 Å². The van der Waals surface area contributed by atoms with E-state index in [4.69, 9.17) is 4.98 Å². The Morgan fingerprint density at radius 3 is 2.84 bits per heavy atom. The largest absolute Gasteiger partial charge is 0.321 e. The molecule has 4 heterocycles. The van der Waals surface area contributed by atoms with Crippen molar-refractivity contribution in [1.82, 2.24) is 30.1 Å². The Labute approximate surface area is 181 Å². The van der Waals surface area contributed by atoms with Crippen LogP contribution in [0.2, 0.25) is 0 Å². The molecule has 8 nitrogen and oxygen atoms in total. The van der Waals surface area contributed by atoms with E-state index in [9.17, 15) is 0 Å². The molecule has 5 rings (SSSR count). The van der Waals surface area contributed by atoms with E-state index in [2.05, 4.69) is 41.9 Å². The lowest BCUT2D eigenvalue weighted by molar-refractivity contribution is 0.636. The van der Waals surface area contributed by atoms with Crippen molar-refractivity contribution in [3.63, 3.8) is 0 Å². The molecule has 0 spiro atoms. The van der Waals surface area contributed by atoms with E-state index in [0.29, 0.717) is 44.7 Å².